The van der Waals surface area contributed by atoms with Crippen molar-refractivity contribution in [3.8, 4) is 0 Å². The summed E-state index contributed by atoms with van der Waals surface area (Å²) in [6.45, 7) is 1.08. The first kappa shape index (κ1) is 10.7. The van der Waals surface area contributed by atoms with Gasteiger partial charge in [0, 0.05) is 6.54 Å². The van der Waals surface area contributed by atoms with Gasteiger partial charge in [0.05, 0.1) is 6.54 Å². The highest BCUT2D eigenvalue weighted by Gasteiger charge is 1.97. The van der Waals surface area contributed by atoms with Crippen molar-refractivity contribution < 1.29 is 4.79 Å². The van der Waals surface area contributed by atoms with E-state index >= 15 is 0 Å². The Morgan fingerprint density at radius 1 is 1.29 bits per heavy atom. The monoisotopic (exact) mass is 192 g/mol. The number of hydrogen-bond donors (Lipinski definition) is 2. The normalized spacial score (nSPS) is 9.79. The van der Waals surface area contributed by atoms with Crippen molar-refractivity contribution >= 4 is 5.91 Å². The molecule has 0 fully saturated rings. The van der Waals surface area contributed by atoms with Crippen LogP contribution in [-0.4, -0.2) is 26.0 Å². The first-order chi connectivity index (χ1) is 6.83. The van der Waals surface area contributed by atoms with Gasteiger partial charge in [0.1, 0.15) is 0 Å². The van der Waals surface area contributed by atoms with E-state index in [0.717, 1.165) is 6.42 Å². The summed E-state index contributed by atoms with van der Waals surface area (Å²) in [4.78, 5) is 11.1. The number of rotatable bonds is 5. The average molecular weight is 192 g/mol. The van der Waals surface area contributed by atoms with Gasteiger partial charge in [0.15, 0.2) is 0 Å². The van der Waals surface area contributed by atoms with Gasteiger partial charge in [-0.2, -0.15) is 0 Å². The van der Waals surface area contributed by atoms with Crippen molar-refractivity contribution in [1.82, 2.24) is 10.6 Å². The van der Waals surface area contributed by atoms with E-state index in [-0.39, 0.29) is 5.91 Å². The molecule has 3 heteroatoms. The summed E-state index contributed by atoms with van der Waals surface area (Å²) in [6.07, 6.45) is 0.885. The molecule has 3 nitrogen and oxygen atoms in total. The van der Waals surface area contributed by atoms with E-state index < -0.39 is 0 Å². The van der Waals surface area contributed by atoms with Gasteiger partial charge in [-0.3, -0.25) is 4.79 Å². The second-order valence-corrected chi connectivity index (χ2v) is 3.12. The molecule has 0 aromatic heterocycles. The Labute approximate surface area is 84.5 Å². The Hall–Kier alpha value is -1.35. The third-order valence-corrected chi connectivity index (χ3v) is 1.92. The van der Waals surface area contributed by atoms with Gasteiger partial charge < -0.3 is 10.6 Å². The zero-order valence-corrected chi connectivity index (χ0v) is 8.42. The van der Waals surface area contributed by atoms with Crippen LogP contribution in [0.1, 0.15) is 5.56 Å². The summed E-state index contributed by atoms with van der Waals surface area (Å²) in [7, 11) is 1.76. The highest BCUT2D eigenvalue weighted by molar-refractivity contribution is 5.77. The van der Waals surface area contributed by atoms with E-state index in [4.69, 9.17) is 0 Å². The molecule has 1 aromatic carbocycles. The van der Waals surface area contributed by atoms with Crippen molar-refractivity contribution in [2.75, 3.05) is 20.1 Å². The summed E-state index contributed by atoms with van der Waals surface area (Å²) >= 11 is 0. The van der Waals surface area contributed by atoms with Gasteiger partial charge in [-0.05, 0) is 19.0 Å². The van der Waals surface area contributed by atoms with E-state index in [2.05, 4.69) is 22.8 Å². The van der Waals surface area contributed by atoms with Gasteiger partial charge in [0.25, 0.3) is 0 Å². The third kappa shape index (κ3) is 4.05. The minimum Gasteiger partial charge on any atom is -0.355 e. The number of hydrogen-bond acceptors (Lipinski definition) is 2. The molecule has 0 bridgehead atoms. The summed E-state index contributed by atoms with van der Waals surface area (Å²) in [5.41, 5.74) is 1.25. The molecule has 1 aromatic rings. The van der Waals surface area contributed by atoms with Crippen LogP contribution in [-0.2, 0) is 11.2 Å². The Balaban J connectivity index is 2.19. The molecule has 2 N–H and O–H groups in total. The molecule has 0 saturated carbocycles. The first-order valence-corrected chi connectivity index (χ1v) is 4.78. The smallest absolute Gasteiger partial charge is 0.233 e. The lowest BCUT2D eigenvalue weighted by atomic mass is 10.1. The molecule has 0 radical (unpaired) electrons. The van der Waals surface area contributed by atoms with Crippen LogP contribution in [0.3, 0.4) is 0 Å². The largest absolute Gasteiger partial charge is 0.355 e. The summed E-state index contributed by atoms with van der Waals surface area (Å²) < 4.78 is 0. The molecule has 1 rings (SSSR count). The fraction of sp³-hybridized carbons (Fsp3) is 0.364. The fourth-order valence-electron chi connectivity index (χ4n) is 1.21. The number of nitrogens with one attached hydrogen (secondary N) is 2. The lowest BCUT2D eigenvalue weighted by Crippen LogP contribution is -2.33. The molecule has 0 atom stereocenters. The van der Waals surface area contributed by atoms with Crippen LogP contribution >= 0.6 is 0 Å². The lowest BCUT2D eigenvalue weighted by Gasteiger charge is -2.04. The van der Waals surface area contributed by atoms with Crippen LogP contribution in [0.4, 0.5) is 0 Å². The van der Waals surface area contributed by atoms with Gasteiger partial charge in [-0.25, -0.2) is 0 Å². The van der Waals surface area contributed by atoms with Crippen molar-refractivity contribution in [1.29, 1.82) is 0 Å². The molecule has 14 heavy (non-hydrogen) atoms. The Morgan fingerprint density at radius 3 is 2.64 bits per heavy atom. The van der Waals surface area contributed by atoms with E-state index in [1.165, 1.54) is 5.56 Å². The second kappa shape index (κ2) is 6.16. The van der Waals surface area contributed by atoms with Crippen molar-refractivity contribution in [3.63, 3.8) is 0 Å². The average Bonchev–Trinajstić information content (AvgIpc) is 2.20. The van der Waals surface area contributed by atoms with Crippen LogP contribution in [0, 0.1) is 0 Å². The minimum absolute atomic E-state index is 0.0448. The zero-order chi connectivity index (χ0) is 10.2. The number of amides is 1. The van der Waals surface area contributed by atoms with Crippen molar-refractivity contribution in [2.24, 2.45) is 0 Å². The maximum absolute atomic E-state index is 11.1. The van der Waals surface area contributed by atoms with Gasteiger partial charge >= 0.3 is 0 Å². The summed E-state index contributed by atoms with van der Waals surface area (Å²) in [5, 5.41) is 5.63. The van der Waals surface area contributed by atoms with Crippen LogP contribution in [0.15, 0.2) is 30.3 Å². The van der Waals surface area contributed by atoms with Crippen LogP contribution in [0.5, 0.6) is 0 Å². The molecular formula is C11H16N2O. The number of carbonyl (C=O) groups is 1. The molecular weight excluding hydrogens is 176 g/mol. The zero-order valence-electron chi connectivity index (χ0n) is 8.42. The quantitative estimate of drug-likeness (QED) is 0.716. The Kier molecular flexibility index (Phi) is 4.72. The van der Waals surface area contributed by atoms with Crippen molar-refractivity contribution in [3.05, 3.63) is 35.9 Å². The van der Waals surface area contributed by atoms with Gasteiger partial charge in [-0.15, -0.1) is 0 Å². The fourth-order valence-corrected chi connectivity index (χ4v) is 1.21. The molecule has 0 aliphatic rings. The maximum atomic E-state index is 11.1. The molecule has 0 saturated heterocycles. The molecule has 0 aliphatic heterocycles. The Bertz CT molecular complexity index is 272. The van der Waals surface area contributed by atoms with Crippen molar-refractivity contribution in [2.45, 2.75) is 6.42 Å². The SMILES string of the molecule is CNCC(=O)NCCc1ccccc1. The molecule has 0 unspecified atom stereocenters. The first-order valence-electron chi connectivity index (χ1n) is 4.78. The van der Waals surface area contributed by atoms with Crippen LogP contribution in [0.25, 0.3) is 0 Å². The van der Waals surface area contributed by atoms with Gasteiger partial charge in [0.2, 0.25) is 5.91 Å². The molecule has 0 spiro atoms. The molecule has 0 heterocycles. The molecule has 1 amide bonds. The standard InChI is InChI=1S/C11H16N2O/c1-12-9-11(14)13-8-7-10-5-3-2-4-6-10/h2-6,12H,7-9H2,1H3,(H,13,14). The summed E-state index contributed by atoms with van der Waals surface area (Å²) in [5.74, 6) is 0.0448. The number of carbonyl (C=O) groups excluding carboxylic acids is 1. The minimum atomic E-state index is 0.0448. The van der Waals surface area contributed by atoms with E-state index in [0.29, 0.717) is 13.1 Å². The number of likely N-dealkylation sites (N-methyl/N-ethyl adjacent to an activating group) is 1. The van der Waals surface area contributed by atoms with Gasteiger partial charge in [-0.1, -0.05) is 30.3 Å². The van der Waals surface area contributed by atoms with Crippen LogP contribution < -0.4 is 10.6 Å². The molecule has 76 valence electrons. The Morgan fingerprint density at radius 2 is 2.00 bits per heavy atom. The second-order valence-electron chi connectivity index (χ2n) is 3.12. The molecule has 0 aliphatic carbocycles. The summed E-state index contributed by atoms with van der Waals surface area (Å²) in [6, 6.07) is 10.1. The predicted molar refractivity (Wildman–Crippen MR) is 57.1 cm³/mol. The third-order valence-electron chi connectivity index (χ3n) is 1.92. The lowest BCUT2D eigenvalue weighted by molar-refractivity contribution is -0.120. The van der Waals surface area contributed by atoms with Crippen LogP contribution in [0.2, 0.25) is 0 Å². The van der Waals surface area contributed by atoms with E-state index in [1.807, 2.05) is 18.2 Å². The van der Waals surface area contributed by atoms with E-state index in [9.17, 15) is 4.79 Å². The highest BCUT2D eigenvalue weighted by Crippen LogP contribution is 1.97. The van der Waals surface area contributed by atoms with E-state index in [1.54, 1.807) is 7.05 Å². The maximum Gasteiger partial charge on any atom is 0.233 e. The highest BCUT2D eigenvalue weighted by atomic mass is 16.1. The topological polar surface area (TPSA) is 41.1 Å². The predicted octanol–water partition coefficient (Wildman–Crippen LogP) is 0.565. The number of benzene rings is 1.